The summed E-state index contributed by atoms with van der Waals surface area (Å²) in [6, 6.07) is 0. The average molecular weight is 744 g/mol. The molecule has 6 nitrogen and oxygen atoms in total. The second-order valence-electron chi connectivity index (χ2n) is 15.4. The minimum Gasteiger partial charge on any atom is -1.00 e. The van der Waals surface area contributed by atoms with Gasteiger partial charge in [-0.2, -0.15) is 0 Å². The van der Waals surface area contributed by atoms with Crippen LogP contribution in [0, 0.1) is 5.41 Å². The van der Waals surface area contributed by atoms with Crippen molar-refractivity contribution in [3.05, 3.63) is 0 Å². The van der Waals surface area contributed by atoms with E-state index in [1.165, 1.54) is 151 Å². The van der Waals surface area contributed by atoms with Gasteiger partial charge in [-0.05, 0) is 12.8 Å². The Morgan fingerprint density at radius 3 is 0.796 bits per heavy atom. The third-order valence-electron chi connectivity index (χ3n) is 9.41. The van der Waals surface area contributed by atoms with Gasteiger partial charge >= 0.3 is 0 Å². The molecular weight excluding hydrogens is 655 g/mol. The van der Waals surface area contributed by atoms with Crippen molar-refractivity contribution in [2.45, 2.75) is 168 Å². The van der Waals surface area contributed by atoms with Gasteiger partial charge in [0.05, 0.1) is 73.2 Å². The molecule has 0 aliphatic carbocycles. The Bertz CT molecular complexity index is 552. The third-order valence-corrected chi connectivity index (χ3v) is 9.41. The number of ether oxygens (including phenoxy) is 4. The standard InChI is InChI=1S/C41H86N2O4.2ClH/c1-7-9-11-13-15-17-19-21-23-25-27-29-33-44-37-41(39-46-35-31-42(3)4,40-47-36-32-43(5)6)38-45-34-30-28-26-24-22-20-18-16-14-12-10-8-2;;/h7-40H2,1-6H3;2*1H. The molecule has 0 unspecified atom stereocenters. The van der Waals surface area contributed by atoms with Crippen LogP contribution in [0.1, 0.15) is 168 Å². The van der Waals surface area contributed by atoms with E-state index in [-0.39, 0.29) is 30.2 Å². The maximum atomic E-state index is 6.37. The molecular formula is C41H88Cl2N2O4. The van der Waals surface area contributed by atoms with E-state index in [9.17, 15) is 0 Å². The van der Waals surface area contributed by atoms with Gasteiger partial charge in [-0.25, -0.2) is 0 Å². The van der Waals surface area contributed by atoms with Crippen molar-refractivity contribution in [2.24, 2.45) is 5.41 Å². The first kappa shape index (κ1) is 53.7. The second kappa shape index (κ2) is 42.8. The van der Waals surface area contributed by atoms with Crippen molar-refractivity contribution in [3.8, 4) is 0 Å². The summed E-state index contributed by atoms with van der Waals surface area (Å²) in [5, 5.41) is 0. The highest BCUT2D eigenvalue weighted by atomic mass is 35.5. The molecule has 0 aliphatic heterocycles. The van der Waals surface area contributed by atoms with Crippen LogP contribution in [-0.4, -0.2) is 94.1 Å². The van der Waals surface area contributed by atoms with E-state index in [4.69, 9.17) is 18.9 Å². The van der Waals surface area contributed by atoms with Crippen molar-refractivity contribution < 1.29 is 53.6 Å². The topological polar surface area (TPSA) is 45.8 Å². The van der Waals surface area contributed by atoms with E-state index in [1.807, 2.05) is 0 Å². The molecule has 8 heteroatoms. The molecule has 2 N–H and O–H groups in total. The molecule has 0 aromatic rings. The molecule has 0 bridgehead atoms. The van der Waals surface area contributed by atoms with Crippen LogP contribution in [0.25, 0.3) is 0 Å². The highest BCUT2D eigenvalue weighted by Gasteiger charge is 2.32. The fourth-order valence-electron chi connectivity index (χ4n) is 6.05. The number of hydrogen-bond donors (Lipinski definition) is 2. The summed E-state index contributed by atoms with van der Waals surface area (Å²) in [6.07, 6.45) is 32.8. The Hall–Kier alpha value is 0.340. The zero-order valence-electron chi connectivity index (χ0n) is 33.9. The predicted octanol–water partition coefficient (Wildman–Crippen LogP) is 1.74. The Morgan fingerprint density at radius 2 is 0.551 bits per heavy atom. The molecule has 0 rings (SSSR count). The summed E-state index contributed by atoms with van der Waals surface area (Å²) in [4.78, 5) is 2.82. The summed E-state index contributed by atoms with van der Waals surface area (Å²) in [5.74, 6) is 0. The molecule has 0 amide bonds. The van der Waals surface area contributed by atoms with Gasteiger partial charge < -0.3 is 53.6 Å². The van der Waals surface area contributed by atoms with Crippen LogP contribution in [-0.2, 0) is 18.9 Å². The molecule has 0 aromatic carbocycles. The number of unbranched alkanes of at least 4 members (excludes halogenated alkanes) is 22. The zero-order valence-corrected chi connectivity index (χ0v) is 35.4. The molecule has 0 aromatic heterocycles. The van der Waals surface area contributed by atoms with Gasteiger partial charge in [-0.1, -0.05) is 155 Å². The average Bonchev–Trinajstić information content (AvgIpc) is 3.05. The van der Waals surface area contributed by atoms with Gasteiger partial charge in [-0.3, -0.25) is 0 Å². The van der Waals surface area contributed by atoms with Crippen LogP contribution in [0.4, 0.5) is 0 Å². The van der Waals surface area contributed by atoms with Crippen molar-refractivity contribution in [1.82, 2.24) is 0 Å². The normalized spacial score (nSPS) is 11.8. The van der Waals surface area contributed by atoms with E-state index in [2.05, 4.69) is 42.0 Å². The van der Waals surface area contributed by atoms with E-state index in [0.29, 0.717) is 26.4 Å². The van der Waals surface area contributed by atoms with Gasteiger partial charge in [0.25, 0.3) is 0 Å². The SMILES string of the molecule is CCCCCCCCCCCCCCOCC(COCCCCCCCCCCCCCC)(COCC[NH+](C)C)COCC[NH+](C)C.[Cl-].[Cl-]. The molecule has 49 heavy (non-hydrogen) atoms. The largest absolute Gasteiger partial charge is 1.00 e. The molecule has 0 atom stereocenters. The zero-order chi connectivity index (χ0) is 34.5. The smallest absolute Gasteiger partial charge is 0.100 e. The molecule has 0 aliphatic rings. The van der Waals surface area contributed by atoms with Crippen molar-refractivity contribution in [3.63, 3.8) is 0 Å². The van der Waals surface area contributed by atoms with Gasteiger partial charge in [0.2, 0.25) is 0 Å². The van der Waals surface area contributed by atoms with Crippen molar-refractivity contribution in [2.75, 3.05) is 94.1 Å². The number of likely N-dealkylation sites (N-methyl/N-ethyl adjacent to an activating group) is 2. The predicted molar refractivity (Wildman–Crippen MR) is 203 cm³/mol. The molecule has 0 spiro atoms. The van der Waals surface area contributed by atoms with Crippen molar-refractivity contribution >= 4 is 0 Å². The number of quaternary nitrogens is 2. The molecule has 0 radical (unpaired) electrons. The van der Waals surface area contributed by atoms with Gasteiger partial charge in [0.15, 0.2) is 0 Å². The van der Waals surface area contributed by atoms with Crippen molar-refractivity contribution in [1.29, 1.82) is 0 Å². The Morgan fingerprint density at radius 1 is 0.327 bits per heavy atom. The van der Waals surface area contributed by atoms with E-state index >= 15 is 0 Å². The highest BCUT2D eigenvalue weighted by molar-refractivity contribution is 4.79. The summed E-state index contributed by atoms with van der Waals surface area (Å²) in [6.45, 7) is 12.3. The van der Waals surface area contributed by atoms with E-state index < -0.39 is 0 Å². The summed E-state index contributed by atoms with van der Waals surface area (Å²) >= 11 is 0. The van der Waals surface area contributed by atoms with Gasteiger partial charge in [-0.15, -0.1) is 0 Å². The maximum Gasteiger partial charge on any atom is 0.100 e. The van der Waals surface area contributed by atoms with Crippen LogP contribution < -0.4 is 34.6 Å². The number of hydrogen-bond acceptors (Lipinski definition) is 4. The molecule has 0 fully saturated rings. The second-order valence-corrected chi connectivity index (χ2v) is 15.4. The fourth-order valence-corrected chi connectivity index (χ4v) is 6.05. The first-order chi connectivity index (χ1) is 23.0. The van der Waals surface area contributed by atoms with Crippen LogP contribution in [0.3, 0.4) is 0 Å². The quantitative estimate of drug-likeness (QED) is 0.0941. The Labute approximate surface area is 320 Å². The Balaban J connectivity index is -0.0000106. The third kappa shape index (κ3) is 41.0. The lowest BCUT2D eigenvalue weighted by atomic mass is 9.92. The molecule has 0 saturated carbocycles. The first-order valence-electron chi connectivity index (χ1n) is 20.8. The number of nitrogens with one attached hydrogen (secondary N) is 2. The molecule has 300 valence electrons. The van der Waals surface area contributed by atoms with Crippen LogP contribution in [0.2, 0.25) is 0 Å². The first-order valence-corrected chi connectivity index (χ1v) is 20.8. The van der Waals surface area contributed by atoms with Crippen LogP contribution in [0.5, 0.6) is 0 Å². The fraction of sp³-hybridized carbons (Fsp3) is 1.00. The van der Waals surface area contributed by atoms with E-state index in [0.717, 1.165) is 52.4 Å². The minimum absolute atomic E-state index is 0. The molecule has 0 heterocycles. The van der Waals surface area contributed by atoms with Crippen LogP contribution in [0.15, 0.2) is 0 Å². The van der Waals surface area contributed by atoms with Gasteiger partial charge in [0.1, 0.15) is 13.1 Å². The van der Waals surface area contributed by atoms with Gasteiger partial charge in [0, 0.05) is 13.2 Å². The summed E-state index contributed by atoms with van der Waals surface area (Å²) < 4.78 is 25.3. The lowest BCUT2D eigenvalue weighted by molar-refractivity contribution is -0.858. The maximum absolute atomic E-state index is 6.37. The van der Waals surface area contributed by atoms with E-state index in [1.54, 1.807) is 0 Å². The molecule has 0 saturated heterocycles. The monoisotopic (exact) mass is 743 g/mol. The van der Waals surface area contributed by atoms with Crippen LogP contribution >= 0.6 is 0 Å². The minimum atomic E-state index is -0.252. The summed E-state index contributed by atoms with van der Waals surface area (Å²) in [5.41, 5.74) is -0.252. The summed E-state index contributed by atoms with van der Waals surface area (Å²) in [7, 11) is 8.72. The lowest BCUT2D eigenvalue weighted by Gasteiger charge is -2.33. The highest BCUT2D eigenvalue weighted by Crippen LogP contribution is 2.22. The number of halogens is 2. The number of rotatable bonds is 40. The lowest BCUT2D eigenvalue weighted by Crippen LogP contribution is -3.06. The Kier molecular flexibility index (Phi) is 46.8.